The Morgan fingerprint density at radius 1 is 1.47 bits per heavy atom. The predicted molar refractivity (Wildman–Crippen MR) is 63.2 cm³/mol. The molecule has 0 bridgehead atoms. The molecule has 0 aliphatic rings. The molecular formula is C11H16N6. The maximum atomic E-state index is 4.27. The summed E-state index contributed by atoms with van der Waals surface area (Å²) in [5, 5.41) is 11.4. The number of nitrogens with one attached hydrogen (secondary N) is 1. The van der Waals surface area contributed by atoms with E-state index in [1.807, 2.05) is 19.3 Å². The summed E-state index contributed by atoms with van der Waals surface area (Å²) in [4.78, 5) is 8.20. The highest BCUT2D eigenvalue weighted by Gasteiger charge is 2.14. The number of hydrogen-bond donors (Lipinski definition) is 1. The van der Waals surface area contributed by atoms with Crippen LogP contribution in [0.1, 0.15) is 24.4 Å². The number of rotatable bonds is 5. The van der Waals surface area contributed by atoms with Crippen molar-refractivity contribution in [3.05, 3.63) is 36.2 Å². The van der Waals surface area contributed by atoms with Gasteiger partial charge in [-0.25, -0.2) is 9.97 Å². The summed E-state index contributed by atoms with van der Waals surface area (Å²) in [6, 6.07) is 2.07. The minimum absolute atomic E-state index is 0.153. The van der Waals surface area contributed by atoms with Crippen molar-refractivity contribution in [2.24, 2.45) is 7.05 Å². The lowest BCUT2D eigenvalue weighted by Crippen LogP contribution is -2.24. The lowest BCUT2D eigenvalue weighted by Gasteiger charge is -2.15. The van der Waals surface area contributed by atoms with Gasteiger partial charge in [0.1, 0.15) is 6.33 Å². The Balaban J connectivity index is 2.13. The molecule has 0 saturated carbocycles. The summed E-state index contributed by atoms with van der Waals surface area (Å²) in [6.07, 6.45) is 6.02. The molecule has 0 fully saturated rings. The topological polar surface area (TPSA) is 68.5 Å². The Kier molecular flexibility index (Phi) is 3.77. The van der Waals surface area contributed by atoms with Gasteiger partial charge < -0.3 is 5.32 Å². The number of aryl methyl sites for hydroxylation is 1. The van der Waals surface area contributed by atoms with Crippen LogP contribution in [0.4, 0.5) is 0 Å². The third-order valence-corrected chi connectivity index (χ3v) is 2.48. The van der Waals surface area contributed by atoms with E-state index < -0.39 is 0 Å². The van der Waals surface area contributed by atoms with Crippen LogP contribution in [0, 0.1) is 0 Å². The smallest absolute Gasteiger partial charge is 0.115 e. The number of nitrogens with zero attached hydrogens (tertiary/aromatic N) is 5. The Hall–Kier alpha value is -1.82. The zero-order chi connectivity index (χ0) is 12.1. The van der Waals surface area contributed by atoms with E-state index >= 15 is 0 Å². The first-order valence-electron chi connectivity index (χ1n) is 5.64. The van der Waals surface area contributed by atoms with E-state index in [-0.39, 0.29) is 6.04 Å². The van der Waals surface area contributed by atoms with Gasteiger partial charge >= 0.3 is 0 Å². The van der Waals surface area contributed by atoms with Crippen molar-refractivity contribution < 1.29 is 0 Å². The van der Waals surface area contributed by atoms with Crippen LogP contribution in [0.25, 0.3) is 0 Å². The van der Waals surface area contributed by atoms with Crippen LogP contribution in [0.2, 0.25) is 0 Å². The van der Waals surface area contributed by atoms with E-state index in [0.717, 1.165) is 24.4 Å². The van der Waals surface area contributed by atoms with E-state index in [1.54, 1.807) is 17.2 Å². The van der Waals surface area contributed by atoms with Crippen LogP contribution in [0.15, 0.2) is 24.8 Å². The molecule has 6 nitrogen and oxygen atoms in total. The molecule has 0 aliphatic heterocycles. The van der Waals surface area contributed by atoms with Gasteiger partial charge in [-0.1, -0.05) is 12.1 Å². The summed E-state index contributed by atoms with van der Waals surface area (Å²) in [6.45, 7) is 2.96. The van der Waals surface area contributed by atoms with Crippen molar-refractivity contribution in [1.82, 2.24) is 30.3 Å². The minimum Gasteiger partial charge on any atom is -0.309 e. The zero-order valence-electron chi connectivity index (χ0n) is 10.0. The van der Waals surface area contributed by atoms with E-state index in [0.29, 0.717) is 0 Å². The summed E-state index contributed by atoms with van der Waals surface area (Å²) < 4.78 is 1.71. The van der Waals surface area contributed by atoms with Crippen LogP contribution < -0.4 is 5.32 Å². The summed E-state index contributed by atoms with van der Waals surface area (Å²) in [7, 11) is 1.86. The highest BCUT2D eigenvalue weighted by atomic mass is 15.4. The molecule has 17 heavy (non-hydrogen) atoms. The Labute approximate surface area is 100 Å². The molecule has 0 amide bonds. The predicted octanol–water partition coefficient (Wildman–Crippen LogP) is 0.498. The van der Waals surface area contributed by atoms with Crippen molar-refractivity contribution >= 4 is 0 Å². The number of aromatic nitrogens is 5. The van der Waals surface area contributed by atoms with Crippen LogP contribution in [0.5, 0.6) is 0 Å². The third-order valence-electron chi connectivity index (χ3n) is 2.48. The molecule has 0 radical (unpaired) electrons. The van der Waals surface area contributed by atoms with E-state index in [4.69, 9.17) is 0 Å². The normalized spacial score (nSPS) is 12.6. The lowest BCUT2D eigenvalue weighted by molar-refractivity contribution is 0.529. The Bertz CT molecular complexity index is 452. The fraction of sp³-hybridized carbons (Fsp3) is 0.455. The van der Waals surface area contributed by atoms with Gasteiger partial charge in [0.15, 0.2) is 0 Å². The van der Waals surface area contributed by atoms with Gasteiger partial charge in [0, 0.05) is 25.9 Å². The maximum absolute atomic E-state index is 4.27. The van der Waals surface area contributed by atoms with Gasteiger partial charge in [0.2, 0.25) is 0 Å². The minimum atomic E-state index is 0.153. The SMILES string of the molecule is CCNC(Cc1cn(C)nn1)c1ccncn1. The van der Waals surface area contributed by atoms with E-state index in [9.17, 15) is 0 Å². The van der Waals surface area contributed by atoms with Crippen molar-refractivity contribution in [2.75, 3.05) is 6.54 Å². The third kappa shape index (κ3) is 3.07. The Morgan fingerprint density at radius 3 is 2.94 bits per heavy atom. The molecule has 2 heterocycles. The average Bonchev–Trinajstić information content (AvgIpc) is 2.75. The first-order valence-corrected chi connectivity index (χ1v) is 5.64. The highest BCUT2D eigenvalue weighted by molar-refractivity contribution is 5.09. The van der Waals surface area contributed by atoms with Crippen LogP contribution in [-0.4, -0.2) is 31.5 Å². The molecule has 0 saturated heterocycles. The van der Waals surface area contributed by atoms with Gasteiger partial charge in [-0.2, -0.15) is 0 Å². The molecular weight excluding hydrogens is 216 g/mol. The molecule has 2 aromatic rings. The fourth-order valence-corrected chi connectivity index (χ4v) is 1.73. The standard InChI is InChI=1S/C11H16N6/c1-3-13-11(10-4-5-12-8-14-10)6-9-7-17(2)16-15-9/h4-5,7-8,11,13H,3,6H2,1-2H3. The monoisotopic (exact) mass is 232 g/mol. The molecule has 1 atom stereocenters. The first kappa shape index (κ1) is 11.7. The van der Waals surface area contributed by atoms with E-state index in [2.05, 4.69) is 32.5 Å². The van der Waals surface area contributed by atoms with Gasteiger partial charge in [0.25, 0.3) is 0 Å². The van der Waals surface area contributed by atoms with Crippen molar-refractivity contribution in [3.8, 4) is 0 Å². The maximum Gasteiger partial charge on any atom is 0.115 e. The lowest BCUT2D eigenvalue weighted by atomic mass is 10.1. The number of likely N-dealkylation sites (N-methyl/N-ethyl adjacent to an activating group) is 1. The molecule has 0 aromatic carbocycles. The van der Waals surface area contributed by atoms with Gasteiger partial charge in [0.05, 0.1) is 17.4 Å². The van der Waals surface area contributed by atoms with Crippen molar-refractivity contribution in [2.45, 2.75) is 19.4 Å². The van der Waals surface area contributed by atoms with E-state index in [1.165, 1.54) is 0 Å². The van der Waals surface area contributed by atoms with Gasteiger partial charge in [-0.05, 0) is 12.6 Å². The first-order chi connectivity index (χ1) is 8.29. The van der Waals surface area contributed by atoms with Crippen molar-refractivity contribution in [1.29, 1.82) is 0 Å². The second-order valence-electron chi connectivity index (χ2n) is 3.83. The van der Waals surface area contributed by atoms with Crippen LogP contribution >= 0.6 is 0 Å². The molecule has 2 rings (SSSR count). The summed E-state index contributed by atoms with van der Waals surface area (Å²) in [5.41, 5.74) is 1.93. The quantitative estimate of drug-likeness (QED) is 0.813. The second kappa shape index (κ2) is 5.49. The molecule has 0 spiro atoms. The largest absolute Gasteiger partial charge is 0.309 e. The molecule has 2 aromatic heterocycles. The second-order valence-corrected chi connectivity index (χ2v) is 3.83. The van der Waals surface area contributed by atoms with Gasteiger partial charge in [-0.3, -0.25) is 4.68 Å². The average molecular weight is 232 g/mol. The van der Waals surface area contributed by atoms with Crippen LogP contribution in [0.3, 0.4) is 0 Å². The van der Waals surface area contributed by atoms with Crippen LogP contribution in [-0.2, 0) is 13.5 Å². The molecule has 6 heteroatoms. The molecule has 1 N–H and O–H groups in total. The highest BCUT2D eigenvalue weighted by Crippen LogP contribution is 2.13. The summed E-state index contributed by atoms with van der Waals surface area (Å²) >= 11 is 0. The zero-order valence-corrected chi connectivity index (χ0v) is 10.0. The summed E-state index contributed by atoms with van der Waals surface area (Å²) in [5.74, 6) is 0. The number of hydrogen-bond acceptors (Lipinski definition) is 5. The fourth-order valence-electron chi connectivity index (χ4n) is 1.73. The van der Waals surface area contributed by atoms with Gasteiger partial charge in [-0.15, -0.1) is 5.10 Å². The molecule has 0 aliphatic carbocycles. The Morgan fingerprint density at radius 2 is 2.35 bits per heavy atom. The van der Waals surface area contributed by atoms with Crippen molar-refractivity contribution in [3.63, 3.8) is 0 Å². The molecule has 90 valence electrons. The molecule has 1 unspecified atom stereocenters.